The lowest BCUT2D eigenvalue weighted by molar-refractivity contribution is -0.115. The van der Waals surface area contributed by atoms with Crippen LogP contribution in [0.2, 0.25) is 0 Å². The molecular weight excluding hydrogens is 348 g/mol. The van der Waals surface area contributed by atoms with Crippen molar-refractivity contribution < 1.29 is 14.3 Å². The predicted octanol–water partition coefficient (Wildman–Crippen LogP) is 3.21. The minimum absolute atomic E-state index is 0.0999. The SMILES string of the molecule is CCCNc1nnc(S[C@H](C)C(=O)Nc2ccc3c(c2)OCO3)s1. The summed E-state index contributed by atoms with van der Waals surface area (Å²) in [7, 11) is 0. The number of amides is 1. The van der Waals surface area contributed by atoms with E-state index in [9.17, 15) is 4.79 Å². The van der Waals surface area contributed by atoms with Crippen LogP contribution in [0.25, 0.3) is 0 Å². The van der Waals surface area contributed by atoms with Gasteiger partial charge in [0.1, 0.15) is 0 Å². The molecule has 1 aromatic heterocycles. The number of anilines is 2. The van der Waals surface area contributed by atoms with E-state index in [1.807, 2.05) is 6.92 Å². The molecule has 7 nitrogen and oxygen atoms in total. The second-order valence-corrected chi connectivity index (χ2v) is 7.68. The first-order valence-corrected chi connectivity index (χ1v) is 9.30. The van der Waals surface area contributed by atoms with Gasteiger partial charge in [0, 0.05) is 18.3 Å². The zero-order chi connectivity index (χ0) is 16.9. The lowest BCUT2D eigenvalue weighted by Gasteiger charge is -2.10. The number of carbonyl (C=O) groups is 1. The Labute approximate surface area is 148 Å². The van der Waals surface area contributed by atoms with Crippen molar-refractivity contribution in [2.45, 2.75) is 29.9 Å². The highest BCUT2D eigenvalue weighted by molar-refractivity contribution is 8.02. The van der Waals surface area contributed by atoms with Gasteiger partial charge in [0.15, 0.2) is 15.8 Å². The summed E-state index contributed by atoms with van der Waals surface area (Å²) in [6, 6.07) is 5.34. The number of ether oxygens (including phenoxy) is 2. The zero-order valence-corrected chi connectivity index (χ0v) is 15.0. The third-order valence-electron chi connectivity index (χ3n) is 3.22. The van der Waals surface area contributed by atoms with Gasteiger partial charge in [0.05, 0.1) is 5.25 Å². The first kappa shape index (κ1) is 16.8. The molecule has 0 spiro atoms. The van der Waals surface area contributed by atoms with Crippen molar-refractivity contribution in [3.05, 3.63) is 18.2 Å². The van der Waals surface area contributed by atoms with E-state index in [0.717, 1.165) is 22.4 Å². The topological polar surface area (TPSA) is 85.4 Å². The highest BCUT2D eigenvalue weighted by atomic mass is 32.2. The standard InChI is InChI=1S/C15H18N4O3S2/c1-3-6-16-14-18-19-15(24-14)23-9(2)13(20)17-10-4-5-11-12(7-10)22-8-21-11/h4-5,7,9H,3,6,8H2,1-2H3,(H,16,18)(H,17,20)/t9-/m1/s1. The normalized spacial score (nSPS) is 13.6. The predicted molar refractivity (Wildman–Crippen MR) is 95.2 cm³/mol. The molecule has 1 aliphatic heterocycles. The van der Waals surface area contributed by atoms with Crippen molar-refractivity contribution >= 4 is 39.8 Å². The largest absolute Gasteiger partial charge is 0.454 e. The maximum atomic E-state index is 12.3. The van der Waals surface area contributed by atoms with Crippen LogP contribution in [0.3, 0.4) is 0 Å². The Balaban J connectivity index is 1.55. The zero-order valence-electron chi connectivity index (χ0n) is 13.4. The molecule has 9 heteroatoms. The molecule has 128 valence electrons. The molecule has 3 rings (SSSR count). The smallest absolute Gasteiger partial charge is 0.237 e. The van der Waals surface area contributed by atoms with Gasteiger partial charge in [-0.05, 0) is 25.5 Å². The molecule has 1 amide bonds. The number of rotatable bonds is 7. The van der Waals surface area contributed by atoms with Gasteiger partial charge in [-0.1, -0.05) is 30.0 Å². The molecule has 0 saturated heterocycles. The van der Waals surface area contributed by atoms with Crippen molar-refractivity contribution in [1.82, 2.24) is 10.2 Å². The molecule has 2 heterocycles. The quantitative estimate of drug-likeness (QED) is 0.728. The fourth-order valence-electron chi connectivity index (χ4n) is 1.98. The van der Waals surface area contributed by atoms with Crippen molar-refractivity contribution in [2.24, 2.45) is 0 Å². The Hall–Kier alpha value is -2.00. The summed E-state index contributed by atoms with van der Waals surface area (Å²) in [5.74, 6) is 1.23. The number of fused-ring (bicyclic) bond motifs is 1. The van der Waals surface area contributed by atoms with E-state index < -0.39 is 0 Å². The minimum Gasteiger partial charge on any atom is -0.454 e. The van der Waals surface area contributed by atoms with Gasteiger partial charge in [0.25, 0.3) is 0 Å². The van der Waals surface area contributed by atoms with Crippen LogP contribution in [0.15, 0.2) is 22.5 Å². The Kier molecular flexibility index (Phi) is 5.41. The summed E-state index contributed by atoms with van der Waals surface area (Å²) < 4.78 is 11.3. The summed E-state index contributed by atoms with van der Waals surface area (Å²) in [6.45, 7) is 5.00. The van der Waals surface area contributed by atoms with Crippen LogP contribution in [-0.4, -0.2) is 34.7 Å². The van der Waals surface area contributed by atoms with Gasteiger partial charge < -0.3 is 20.1 Å². The third-order valence-corrected chi connectivity index (χ3v) is 5.28. The highest BCUT2D eigenvalue weighted by Crippen LogP contribution is 2.35. The van der Waals surface area contributed by atoms with Crippen LogP contribution in [0, 0.1) is 0 Å². The second kappa shape index (κ2) is 7.71. The van der Waals surface area contributed by atoms with Crippen molar-refractivity contribution in [3.63, 3.8) is 0 Å². The average Bonchev–Trinajstić information content (AvgIpc) is 3.21. The summed E-state index contributed by atoms with van der Waals surface area (Å²) in [4.78, 5) is 12.3. The van der Waals surface area contributed by atoms with Gasteiger partial charge in [-0.2, -0.15) is 0 Å². The molecule has 24 heavy (non-hydrogen) atoms. The second-order valence-electron chi connectivity index (χ2n) is 5.12. The van der Waals surface area contributed by atoms with Crippen LogP contribution in [0.4, 0.5) is 10.8 Å². The Bertz CT molecular complexity index is 722. The van der Waals surface area contributed by atoms with Crippen molar-refractivity contribution in [3.8, 4) is 11.5 Å². The molecule has 0 bridgehead atoms. The number of nitrogens with zero attached hydrogens (tertiary/aromatic N) is 2. The van der Waals surface area contributed by atoms with Gasteiger partial charge in [-0.25, -0.2) is 0 Å². The van der Waals surface area contributed by atoms with Gasteiger partial charge >= 0.3 is 0 Å². The number of nitrogens with one attached hydrogen (secondary N) is 2. The Morgan fingerprint density at radius 1 is 1.38 bits per heavy atom. The van der Waals surface area contributed by atoms with E-state index >= 15 is 0 Å². The first-order valence-electron chi connectivity index (χ1n) is 7.60. The number of hydrogen-bond donors (Lipinski definition) is 2. The van der Waals surface area contributed by atoms with E-state index in [0.29, 0.717) is 17.2 Å². The Morgan fingerprint density at radius 2 is 2.21 bits per heavy atom. The number of carbonyl (C=O) groups excluding carboxylic acids is 1. The lowest BCUT2D eigenvalue weighted by Crippen LogP contribution is -2.22. The molecule has 2 N–H and O–H groups in total. The first-order chi connectivity index (χ1) is 11.7. The van der Waals surface area contributed by atoms with E-state index in [4.69, 9.17) is 9.47 Å². The molecule has 0 saturated carbocycles. The van der Waals surface area contributed by atoms with E-state index in [1.165, 1.54) is 23.1 Å². The lowest BCUT2D eigenvalue weighted by atomic mass is 10.2. The van der Waals surface area contributed by atoms with Gasteiger partial charge in [-0.3, -0.25) is 4.79 Å². The molecule has 0 aliphatic carbocycles. The third kappa shape index (κ3) is 4.09. The summed E-state index contributed by atoms with van der Waals surface area (Å²) in [6.07, 6.45) is 1.02. The monoisotopic (exact) mass is 366 g/mol. The molecule has 2 aromatic rings. The van der Waals surface area contributed by atoms with Crippen molar-refractivity contribution in [1.29, 1.82) is 0 Å². The van der Waals surface area contributed by atoms with Crippen molar-refractivity contribution in [2.75, 3.05) is 24.0 Å². The number of aromatic nitrogens is 2. The molecule has 1 aliphatic rings. The molecular formula is C15H18N4O3S2. The molecule has 0 radical (unpaired) electrons. The van der Waals surface area contributed by atoms with E-state index in [-0.39, 0.29) is 18.0 Å². The van der Waals surface area contributed by atoms with Crippen LogP contribution >= 0.6 is 23.1 Å². The molecule has 1 atom stereocenters. The van der Waals surface area contributed by atoms with Gasteiger partial charge in [-0.15, -0.1) is 10.2 Å². The van der Waals surface area contributed by atoms with E-state index in [2.05, 4.69) is 27.8 Å². The van der Waals surface area contributed by atoms with Crippen LogP contribution in [0.1, 0.15) is 20.3 Å². The van der Waals surface area contributed by atoms with Crippen LogP contribution in [0.5, 0.6) is 11.5 Å². The maximum absolute atomic E-state index is 12.3. The Morgan fingerprint density at radius 3 is 3.04 bits per heavy atom. The van der Waals surface area contributed by atoms with Gasteiger partial charge in [0.2, 0.25) is 17.8 Å². The molecule has 0 unspecified atom stereocenters. The van der Waals surface area contributed by atoms with E-state index in [1.54, 1.807) is 18.2 Å². The average molecular weight is 366 g/mol. The fourth-order valence-corrected chi connectivity index (χ4v) is 3.91. The number of thioether (sulfide) groups is 1. The maximum Gasteiger partial charge on any atom is 0.237 e. The summed E-state index contributed by atoms with van der Waals surface area (Å²) in [5.41, 5.74) is 0.680. The molecule has 0 fully saturated rings. The molecule has 1 aromatic carbocycles. The van der Waals surface area contributed by atoms with Crippen LogP contribution in [-0.2, 0) is 4.79 Å². The fraction of sp³-hybridized carbons (Fsp3) is 0.400. The highest BCUT2D eigenvalue weighted by Gasteiger charge is 2.19. The minimum atomic E-state index is -0.289. The summed E-state index contributed by atoms with van der Waals surface area (Å²) >= 11 is 2.84. The number of benzene rings is 1. The van der Waals surface area contributed by atoms with Crippen LogP contribution < -0.4 is 20.1 Å². The summed E-state index contributed by atoms with van der Waals surface area (Å²) in [5, 5.41) is 14.7. The number of hydrogen-bond acceptors (Lipinski definition) is 8.